The molecule has 3 amide bonds. The molecule has 0 saturated heterocycles. The number of aldehydes is 1. The highest BCUT2D eigenvalue weighted by atomic mass is 16.3. The van der Waals surface area contributed by atoms with Gasteiger partial charge in [-0.1, -0.05) is 37.3 Å². The highest BCUT2D eigenvalue weighted by Crippen LogP contribution is 2.32. The van der Waals surface area contributed by atoms with Crippen LogP contribution in [0.3, 0.4) is 0 Å². The molecule has 2 aromatic carbocycles. The number of likely N-dealkylation sites (N-methyl/N-ethyl adjacent to an activating group) is 1. The number of rotatable bonds is 13. The average Bonchev–Trinajstić information content (AvgIpc) is 3.08. The molecule has 1 aliphatic heterocycles. The molecule has 7 atom stereocenters. The summed E-state index contributed by atoms with van der Waals surface area (Å²) in [6.07, 6.45) is 0.328. The zero-order valence-corrected chi connectivity index (χ0v) is 28.3. The summed E-state index contributed by atoms with van der Waals surface area (Å²) in [5.74, 6) is -2.36. The van der Waals surface area contributed by atoms with Gasteiger partial charge in [0.2, 0.25) is 17.7 Å². The molecular weight excluding hydrogens is 630 g/mol. The Hall–Kier alpha value is -3.96. The minimum absolute atomic E-state index is 0.0443. The number of amides is 3. The first-order valence-electron chi connectivity index (χ1n) is 16.6. The number of carbonyl (C=O) groups excluding carboxylic acids is 4. The molecule has 0 radical (unpaired) electrons. The summed E-state index contributed by atoms with van der Waals surface area (Å²) in [5.41, 5.74) is 30.6. The first kappa shape index (κ1) is 39.5. The van der Waals surface area contributed by atoms with Crippen LogP contribution in [0.1, 0.15) is 43.2 Å². The molecule has 2 aromatic rings. The Labute approximate surface area is 287 Å². The molecule has 0 spiro atoms. The van der Waals surface area contributed by atoms with E-state index >= 15 is 0 Å². The predicted octanol–water partition coefficient (Wildman–Crippen LogP) is -2.26. The second-order valence-electron chi connectivity index (χ2n) is 13.0. The van der Waals surface area contributed by atoms with Gasteiger partial charge in [0.05, 0.1) is 18.2 Å². The summed E-state index contributed by atoms with van der Waals surface area (Å²) in [6.45, 7) is 1.85. The molecule has 0 fully saturated rings. The SMILES string of the molecule is C[C@@H]1c2cccc(c2)-c2ccc(O)c(c2)CC(N)C(=O)N[C@](C=O)(C[C@@H](O)CN)CN(C)[C@@H]1C(=O)N[C@@H](CN)C(=O)NC[C@@H](N)CCCN. The number of hydrogen-bond acceptors (Lipinski definition) is 12. The molecule has 15 nitrogen and oxygen atoms in total. The first-order valence-corrected chi connectivity index (χ1v) is 16.6. The summed E-state index contributed by atoms with van der Waals surface area (Å²) < 4.78 is 0. The number of benzene rings is 2. The lowest BCUT2D eigenvalue weighted by Crippen LogP contribution is -2.64. The molecule has 0 aromatic heterocycles. The fourth-order valence-corrected chi connectivity index (χ4v) is 6.23. The Morgan fingerprint density at radius 2 is 1.86 bits per heavy atom. The molecule has 15 N–H and O–H groups in total. The number of nitrogens with two attached hydrogens (primary N) is 5. The van der Waals surface area contributed by atoms with Crippen molar-refractivity contribution in [1.82, 2.24) is 20.9 Å². The molecule has 0 aliphatic carbocycles. The molecule has 270 valence electrons. The van der Waals surface area contributed by atoms with E-state index in [4.69, 9.17) is 28.7 Å². The van der Waals surface area contributed by atoms with Gasteiger partial charge in [-0.25, -0.2) is 0 Å². The summed E-state index contributed by atoms with van der Waals surface area (Å²) in [6, 6.07) is 8.89. The third-order valence-corrected chi connectivity index (χ3v) is 9.01. The van der Waals surface area contributed by atoms with Crippen LogP contribution >= 0.6 is 0 Å². The number of nitrogens with one attached hydrogen (secondary N) is 3. The van der Waals surface area contributed by atoms with Crippen LogP contribution in [0.2, 0.25) is 0 Å². The van der Waals surface area contributed by atoms with E-state index in [9.17, 15) is 29.4 Å². The first-order chi connectivity index (χ1) is 23.3. The van der Waals surface area contributed by atoms with E-state index in [1.54, 1.807) is 24.1 Å². The van der Waals surface area contributed by atoms with Gasteiger partial charge < -0.3 is 59.6 Å². The molecule has 0 saturated carbocycles. The molecule has 15 heteroatoms. The van der Waals surface area contributed by atoms with Crippen LogP contribution in [0.5, 0.6) is 5.75 Å². The monoisotopic (exact) mass is 683 g/mol. The Morgan fingerprint density at radius 3 is 2.51 bits per heavy atom. The molecular formula is C34H53N9O6. The van der Waals surface area contributed by atoms with Crippen molar-refractivity contribution < 1.29 is 29.4 Å². The number of nitrogens with zero attached hydrogens (tertiary/aromatic N) is 1. The summed E-state index contributed by atoms with van der Waals surface area (Å²) in [5, 5.41) is 29.4. The maximum atomic E-state index is 14.2. The molecule has 1 aliphatic rings. The van der Waals surface area contributed by atoms with E-state index in [0.717, 1.165) is 16.7 Å². The lowest BCUT2D eigenvalue weighted by atomic mass is 9.87. The maximum Gasteiger partial charge on any atom is 0.243 e. The molecule has 1 heterocycles. The second-order valence-corrected chi connectivity index (χ2v) is 13.0. The van der Waals surface area contributed by atoms with Gasteiger partial charge in [-0.05, 0) is 60.8 Å². The maximum absolute atomic E-state index is 14.2. The lowest BCUT2D eigenvalue weighted by molar-refractivity contribution is -0.133. The topological polar surface area (TPSA) is 278 Å². The van der Waals surface area contributed by atoms with Crippen LogP contribution < -0.4 is 44.6 Å². The smallest absolute Gasteiger partial charge is 0.243 e. The summed E-state index contributed by atoms with van der Waals surface area (Å²) in [7, 11) is 1.61. The van der Waals surface area contributed by atoms with Crippen LogP contribution in [-0.4, -0.2) is 115 Å². The number of carbonyl (C=O) groups is 4. The molecule has 1 unspecified atom stereocenters. The van der Waals surface area contributed by atoms with Crippen molar-refractivity contribution in [2.75, 3.05) is 39.8 Å². The Morgan fingerprint density at radius 1 is 1.14 bits per heavy atom. The fraction of sp³-hybridized carbons (Fsp3) is 0.529. The van der Waals surface area contributed by atoms with Crippen LogP contribution in [0.4, 0.5) is 0 Å². The van der Waals surface area contributed by atoms with E-state index < -0.39 is 53.4 Å². The summed E-state index contributed by atoms with van der Waals surface area (Å²) >= 11 is 0. The Kier molecular flexibility index (Phi) is 14.6. The number of hydrogen-bond donors (Lipinski definition) is 10. The number of phenols is 1. The van der Waals surface area contributed by atoms with Gasteiger partial charge in [0.1, 0.15) is 23.6 Å². The van der Waals surface area contributed by atoms with E-state index in [1.165, 1.54) is 6.07 Å². The lowest BCUT2D eigenvalue weighted by Gasteiger charge is -2.40. The summed E-state index contributed by atoms with van der Waals surface area (Å²) in [4.78, 5) is 55.3. The molecule has 49 heavy (non-hydrogen) atoms. The van der Waals surface area contributed by atoms with E-state index in [2.05, 4.69) is 16.0 Å². The van der Waals surface area contributed by atoms with Crippen LogP contribution in [-0.2, 0) is 25.6 Å². The van der Waals surface area contributed by atoms with Gasteiger partial charge in [-0.15, -0.1) is 0 Å². The highest BCUT2D eigenvalue weighted by molar-refractivity contribution is 5.91. The number of aliphatic hydroxyl groups excluding tert-OH is 1. The van der Waals surface area contributed by atoms with Crippen LogP contribution in [0.15, 0.2) is 42.5 Å². The van der Waals surface area contributed by atoms with E-state index in [0.29, 0.717) is 31.2 Å². The van der Waals surface area contributed by atoms with Gasteiger partial charge >= 0.3 is 0 Å². The predicted molar refractivity (Wildman–Crippen MR) is 187 cm³/mol. The Bertz CT molecular complexity index is 1440. The van der Waals surface area contributed by atoms with Crippen molar-refractivity contribution in [2.24, 2.45) is 28.7 Å². The van der Waals surface area contributed by atoms with Crippen LogP contribution in [0, 0.1) is 0 Å². The van der Waals surface area contributed by atoms with E-state index in [-0.39, 0.29) is 50.8 Å². The number of fused-ring (bicyclic) bond motifs is 5. The van der Waals surface area contributed by atoms with Crippen molar-refractivity contribution >= 4 is 24.0 Å². The van der Waals surface area contributed by atoms with Crippen molar-refractivity contribution in [3.63, 3.8) is 0 Å². The zero-order valence-electron chi connectivity index (χ0n) is 28.3. The zero-order chi connectivity index (χ0) is 36.3. The normalized spacial score (nSPS) is 23.6. The fourth-order valence-electron chi connectivity index (χ4n) is 6.23. The minimum Gasteiger partial charge on any atom is -0.508 e. The minimum atomic E-state index is -1.73. The standard InChI is InChI=1S/C34H53N9O6/c1-20-21-5-3-6-22(11-21)23-8-9-29(46)24(12-23)13-27(39)31(47)42-34(19-44,14-26(45)15-36)18-43(2)30(20)33(49)41-28(16-37)32(48)40-17-25(38)7-4-10-35/h3,5-6,8-9,11-12,19-20,25-28,30,45-46H,4,7,10,13-18,35-39H2,1-2H3,(H,40,48)(H,41,49)(H,42,47)/t20-,25+,26-,27?,28+,30+,34-/m1/s1. The van der Waals surface area contributed by atoms with Gasteiger partial charge in [0.25, 0.3) is 0 Å². The quantitative estimate of drug-likeness (QED) is 0.100. The van der Waals surface area contributed by atoms with Crippen LogP contribution in [0.25, 0.3) is 11.1 Å². The van der Waals surface area contributed by atoms with E-state index in [1.807, 2.05) is 31.2 Å². The van der Waals surface area contributed by atoms with Gasteiger partial charge in [0, 0.05) is 51.0 Å². The van der Waals surface area contributed by atoms with Gasteiger partial charge in [-0.3, -0.25) is 19.3 Å². The third kappa shape index (κ3) is 10.5. The third-order valence-electron chi connectivity index (χ3n) is 9.01. The molecule has 4 bridgehead atoms. The van der Waals surface area contributed by atoms with Gasteiger partial charge in [-0.2, -0.15) is 0 Å². The average molecular weight is 684 g/mol. The number of aromatic hydroxyl groups is 1. The van der Waals surface area contributed by atoms with Crippen molar-refractivity contribution in [1.29, 1.82) is 0 Å². The number of aliphatic hydroxyl groups is 1. The van der Waals surface area contributed by atoms with Gasteiger partial charge in [0.15, 0.2) is 0 Å². The second kappa shape index (κ2) is 18.2. The number of phenolic OH excluding ortho intramolecular Hbond substituents is 1. The largest absolute Gasteiger partial charge is 0.508 e. The molecule has 3 rings (SSSR count). The highest BCUT2D eigenvalue weighted by Gasteiger charge is 2.41. The van der Waals surface area contributed by atoms with Crippen molar-refractivity contribution in [3.8, 4) is 16.9 Å². The Balaban J connectivity index is 2.08. The van der Waals surface area contributed by atoms with Crippen molar-refractivity contribution in [2.45, 2.75) is 74.3 Å². The van der Waals surface area contributed by atoms with Crippen molar-refractivity contribution in [3.05, 3.63) is 53.6 Å².